The number of aromatic nitrogens is 4. The number of imidazole rings is 1. The number of rotatable bonds is 6. The highest BCUT2D eigenvalue weighted by atomic mass is 16.5. The quantitative estimate of drug-likeness (QED) is 0.594. The number of ether oxygens (including phenoxy) is 2. The number of methoxy groups -OCH3 is 2. The Morgan fingerprint density at radius 1 is 1.17 bits per heavy atom. The predicted octanol–water partition coefficient (Wildman–Crippen LogP) is 1.62. The summed E-state index contributed by atoms with van der Waals surface area (Å²) in [5.41, 5.74) is 0.633. The second kappa shape index (κ2) is 7.17. The van der Waals surface area contributed by atoms with Crippen molar-refractivity contribution in [3.8, 4) is 35.2 Å². The molecule has 4 rings (SSSR count). The second-order valence-corrected chi connectivity index (χ2v) is 7.17. The molecule has 0 saturated heterocycles. The van der Waals surface area contributed by atoms with E-state index in [4.69, 9.17) is 15.9 Å². The van der Waals surface area contributed by atoms with Crippen LogP contribution in [0.3, 0.4) is 0 Å². The summed E-state index contributed by atoms with van der Waals surface area (Å²) in [7, 11) is 4.88. The van der Waals surface area contributed by atoms with Gasteiger partial charge in [-0.2, -0.15) is 0 Å². The molecular weight excluding hydrogens is 372 g/mol. The minimum atomic E-state index is -0.434. The number of benzene rings is 1. The van der Waals surface area contributed by atoms with Gasteiger partial charge in [0.25, 0.3) is 5.56 Å². The van der Waals surface area contributed by atoms with Crippen LogP contribution in [0, 0.1) is 18.3 Å². The van der Waals surface area contributed by atoms with Crippen LogP contribution in [0.1, 0.15) is 12.8 Å². The molecule has 8 nitrogen and oxygen atoms in total. The number of aryl methyl sites for hydroxylation is 1. The molecular formula is C21H22N4O4. The van der Waals surface area contributed by atoms with Crippen LogP contribution in [0.4, 0.5) is 0 Å². The smallest absolute Gasteiger partial charge is 0.333 e. The topological polar surface area (TPSA) is 80.3 Å². The predicted molar refractivity (Wildman–Crippen MR) is 109 cm³/mol. The maximum atomic E-state index is 13.0. The van der Waals surface area contributed by atoms with Crippen LogP contribution in [0.2, 0.25) is 0 Å². The van der Waals surface area contributed by atoms with Gasteiger partial charge in [0.05, 0.1) is 20.8 Å². The van der Waals surface area contributed by atoms with Crippen molar-refractivity contribution >= 4 is 11.2 Å². The van der Waals surface area contributed by atoms with E-state index in [2.05, 4.69) is 10.9 Å². The molecule has 0 atom stereocenters. The summed E-state index contributed by atoms with van der Waals surface area (Å²) < 4.78 is 15.1. The first-order valence-electron chi connectivity index (χ1n) is 9.36. The number of terminal acetylenes is 1. The average Bonchev–Trinajstić information content (AvgIpc) is 3.48. The number of fused-ring (bicyclic) bond motifs is 1. The highest BCUT2D eigenvalue weighted by molar-refractivity contribution is 5.77. The van der Waals surface area contributed by atoms with E-state index in [1.807, 2.05) is 6.07 Å². The molecule has 0 aliphatic heterocycles. The Kier molecular flexibility index (Phi) is 4.66. The lowest BCUT2D eigenvalue weighted by molar-refractivity contribution is 0.355. The molecule has 0 unspecified atom stereocenters. The van der Waals surface area contributed by atoms with Crippen LogP contribution < -0.4 is 20.7 Å². The van der Waals surface area contributed by atoms with E-state index in [0.29, 0.717) is 40.9 Å². The van der Waals surface area contributed by atoms with Gasteiger partial charge in [0, 0.05) is 19.2 Å². The van der Waals surface area contributed by atoms with Crippen LogP contribution in [0.25, 0.3) is 22.6 Å². The Hall–Kier alpha value is -3.47. The van der Waals surface area contributed by atoms with Crippen molar-refractivity contribution in [2.24, 2.45) is 13.0 Å². The van der Waals surface area contributed by atoms with Crippen LogP contribution in [0.15, 0.2) is 27.8 Å². The zero-order valence-electron chi connectivity index (χ0n) is 16.6. The van der Waals surface area contributed by atoms with Crippen LogP contribution in [0.5, 0.6) is 11.5 Å². The zero-order chi connectivity index (χ0) is 20.7. The van der Waals surface area contributed by atoms with E-state index < -0.39 is 11.2 Å². The van der Waals surface area contributed by atoms with E-state index in [0.717, 1.165) is 23.0 Å². The molecule has 1 aliphatic carbocycles. The second-order valence-electron chi connectivity index (χ2n) is 7.17. The minimum absolute atomic E-state index is 0.0743. The van der Waals surface area contributed by atoms with E-state index in [-0.39, 0.29) is 6.54 Å². The van der Waals surface area contributed by atoms with Crippen LogP contribution >= 0.6 is 0 Å². The summed E-state index contributed by atoms with van der Waals surface area (Å²) in [6.45, 7) is 0.456. The normalized spacial score (nSPS) is 13.4. The van der Waals surface area contributed by atoms with Gasteiger partial charge in [-0.05, 0) is 37.0 Å². The molecule has 0 N–H and O–H groups in total. The first-order chi connectivity index (χ1) is 14.0. The van der Waals surface area contributed by atoms with Gasteiger partial charge in [-0.3, -0.25) is 9.36 Å². The molecule has 0 amide bonds. The Labute approximate surface area is 167 Å². The standard InChI is InChI=1S/C21H22N4O4/c1-5-10-24-20(26)17-19(25(21(24)27)12-13-6-7-13)22-18(23(17)2)14-8-9-15(28-3)16(11-14)29-4/h1,8-9,11,13H,6-7,10,12H2,2-4H3. The van der Waals surface area contributed by atoms with Crippen molar-refractivity contribution < 1.29 is 9.47 Å². The average molecular weight is 394 g/mol. The summed E-state index contributed by atoms with van der Waals surface area (Å²) in [6.07, 6.45) is 7.53. The Morgan fingerprint density at radius 3 is 2.52 bits per heavy atom. The van der Waals surface area contributed by atoms with Crippen molar-refractivity contribution in [1.82, 2.24) is 18.7 Å². The van der Waals surface area contributed by atoms with Gasteiger partial charge in [-0.1, -0.05) is 5.92 Å². The number of hydrogen-bond donors (Lipinski definition) is 0. The third-order valence-electron chi connectivity index (χ3n) is 5.27. The van der Waals surface area contributed by atoms with Gasteiger partial charge in [0.1, 0.15) is 5.82 Å². The van der Waals surface area contributed by atoms with E-state index in [1.54, 1.807) is 42.5 Å². The third-order valence-corrected chi connectivity index (χ3v) is 5.27. The fourth-order valence-electron chi connectivity index (χ4n) is 3.55. The summed E-state index contributed by atoms with van der Waals surface area (Å²) in [6, 6.07) is 5.41. The molecule has 1 fully saturated rings. The lowest BCUT2D eigenvalue weighted by Crippen LogP contribution is -2.40. The number of hydrogen-bond acceptors (Lipinski definition) is 5. The van der Waals surface area contributed by atoms with Crippen LogP contribution in [-0.2, 0) is 20.1 Å². The molecule has 29 heavy (non-hydrogen) atoms. The summed E-state index contributed by atoms with van der Waals surface area (Å²) in [4.78, 5) is 30.7. The zero-order valence-corrected chi connectivity index (χ0v) is 16.6. The molecule has 2 aromatic heterocycles. The highest BCUT2D eigenvalue weighted by Crippen LogP contribution is 2.33. The summed E-state index contributed by atoms with van der Waals surface area (Å²) in [5.74, 6) is 4.53. The van der Waals surface area contributed by atoms with Gasteiger partial charge in [0.2, 0.25) is 0 Å². The van der Waals surface area contributed by atoms with Crippen molar-refractivity contribution in [1.29, 1.82) is 0 Å². The maximum Gasteiger partial charge on any atom is 0.333 e. The Balaban J connectivity index is 2.00. The van der Waals surface area contributed by atoms with Crippen LogP contribution in [-0.4, -0.2) is 32.9 Å². The lowest BCUT2D eigenvalue weighted by atomic mass is 10.2. The maximum absolute atomic E-state index is 13.0. The van der Waals surface area contributed by atoms with Gasteiger partial charge in [-0.15, -0.1) is 6.42 Å². The first kappa shape index (κ1) is 18.9. The Bertz CT molecular complexity index is 1250. The summed E-state index contributed by atoms with van der Waals surface area (Å²) in [5, 5.41) is 0. The van der Waals surface area contributed by atoms with E-state index in [9.17, 15) is 9.59 Å². The van der Waals surface area contributed by atoms with Crippen molar-refractivity contribution in [2.45, 2.75) is 25.9 Å². The van der Waals surface area contributed by atoms with Gasteiger partial charge < -0.3 is 14.0 Å². The minimum Gasteiger partial charge on any atom is -0.493 e. The van der Waals surface area contributed by atoms with Crippen molar-refractivity contribution in [2.75, 3.05) is 14.2 Å². The fraction of sp³-hybridized carbons (Fsp3) is 0.381. The largest absolute Gasteiger partial charge is 0.493 e. The molecule has 0 radical (unpaired) electrons. The molecule has 0 spiro atoms. The SMILES string of the molecule is C#CCn1c(=O)c2c(nc(-c3ccc(OC)c(OC)c3)n2C)n(CC2CC2)c1=O. The van der Waals surface area contributed by atoms with Gasteiger partial charge >= 0.3 is 5.69 Å². The lowest BCUT2D eigenvalue weighted by Gasteiger charge is -2.10. The van der Waals surface area contributed by atoms with Crippen molar-refractivity contribution in [3.63, 3.8) is 0 Å². The molecule has 1 saturated carbocycles. The third kappa shape index (κ3) is 3.09. The van der Waals surface area contributed by atoms with E-state index in [1.165, 1.54) is 0 Å². The molecule has 150 valence electrons. The van der Waals surface area contributed by atoms with E-state index >= 15 is 0 Å². The highest BCUT2D eigenvalue weighted by Gasteiger charge is 2.27. The van der Waals surface area contributed by atoms with Gasteiger partial charge in [0.15, 0.2) is 22.7 Å². The fourth-order valence-corrected chi connectivity index (χ4v) is 3.55. The molecule has 3 aromatic rings. The first-order valence-corrected chi connectivity index (χ1v) is 9.36. The monoisotopic (exact) mass is 394 g/mol. The molecule has 2 heterocycles. The molecule has 1 aliphatic rings. The molecule has 0 bridgehead atoms. The van der Waals surface area contributed by atoms with Crippen molar-refractivity contribution in [3.05, 3.63) is 39.0 Å². The summed E-state index contributed by atoms with van der Waals surface area (Å²) >= 11 is 0. The molecule has 1 aromatic carbocycles. The molecule has 8 heteroatoms. The van der Waals surface area contributed by atoms with Gasteiger partial charge in [-0.25, -0.2) is 14.3 Å². The Morgan fingerprint density at radius 2 is 1.90 bits per heavy atom. The number of nitrogens with zero attached hydrogens (tertiary/aromatic N) is 4.